The van der Waals surface area contributed by atoms with Gasteiger partial charge in [0.05, 0.1) is 10.4 Å². The van der Waals surface area contributed by atoms with E-state index in [0.717, 1.165) is 12.8 Å². The van der Waals surface area contributed by atoms with Gasteiger partial charge in [-0.05, 0) is 40.8 Å². The Morgan fingerprint density at radius 1 is 1.37 bits per heavy atom. The first-order chi connectivity index (χ1) is 9.03. The standard InChI is InChI=1S/C12H18BrNO3S2/c13-12-11(6-10(8-15)18-12)19(16,17)14-7-9-4-2-1-3-5-9/h6,9,14-15H,1-5,7-8H2. The number of thiophene rings is 1. The number of sulfonamides is 1. The van der Waals surface area contributed by atoms with Gasteiger partial charge in [0.25, 0.3) is 0 Å². The highest BCUT2D eigenvalue weighted by atomic mass is 79.9. The lowest BCUT2D eigenvalue weighted by atomic mass is 9.90. The predicted octanol–water partition coefficient (Wildman–Crippen LogP) is 2.86. The van der Waals surface area contributed by atoms with Crippen LogP contribution in [0.4, 0.5) is 0 Å². The van der Waals surface area contributed by atoms with E-state index in [4.69, 9.17) is 5.11 Å². The van der Waals surface area contributed by atoms with Crippen molar-refractivity contribution in [3.63, 3.8) is 0 Å². The van der Waals surface area contributed by atoms with Crippen LogP contribution in [0.1, 0.15) is 37.0 Å². The average Bonchev–Trinajstić information content (AvgIpc) is 2.80. The molecule has 0 aromatic carbocycles. The lowest BCUT2D eigenvalue weighted by molar-refractivity contribution is 0.285. The third kappa shape index (κ3) is 4.01. The Labute approximate surface area is 126 Å². The Morgan fingerprint density at radius 3 is 2.63 bits per heavy atom. The van der Waals surface area contributed by atoms with E-state index in [2.05, 4.69) is 20.7 Å². The van der Waals surface area contributed by atoms with Crippen molar-refractivity contribution in [2.24, 2.45) is 5.92 Å². The van der Waals surface area contributed by atoms with Crippen molar-refractivity contribution >= 4 is 37.3 Å². The van der Waals surface area contributed by atoms with Gasteiger partial charge in [0.1, 0.15) is 4.90 Å². The maximum Gasteiger partial charge on any atom is 0.242 e. The van der Waals surface area contributed by atoms with Gasteiger partial charge in [-0.2, -0.15) is 0 Å². The minimum atomic E-state index is -3.48. The second kappa shape index (κ2) is 6.67. The van der Waals surface area contributed by atoms with E-state index in [1.807, 2.05) is 0 Å². The molecule has 1 aromatic heterocycles. The van der Waals surface area contributed by atoms with Crippen molar-refractivity contribution in [3.05, 3.63) is 14.7 Å². The quantitative estimate of drug-likeness (QED) is 0.840. The van der Waals surface area contributed by atoms with Crippen LogP contribution >= 0.6 is 27.3 Å². The first-order valence-corrected chi connectivity index (χ1v) is 9.51. The number of nitrogens with one attached hydrogen (secondary N) is 1. The van der Waals surface area contributed by atoms with Crippen molar-refractivity contribution in [1.82, 2.24) is 4.72 Å². The zero-order valence-corrected chi connectivity index (χ0v) is 13.8. The van der Waals surface area contributed by atoms with E-state index in [1.165, 1.54) is 36.7 Å². The third-order valence-electron chi connectivity index (χ3n) is 3.44. The highest BCUT2D eigenvalue weighted by Gasteiger charge is 2.22. The molecule has 1 fully saturated rings. The van der Waals surface area contributed by atoms with Crippen LogP contribution in [-0.2, 0) is 16.6 Å². The fraction of sp³-hybridized carbons (Fsp3) is 0.667. The molecule has 1 aliphatic carbocycles. The van der Waals surface area contributed by atoms with Crippen LogP contribution in [-0.4, -0.2) is 20.1 Å². The summed E-state index contributed by atoms with van der Waals surface area (Å²) < 4.78 is 27.7. The topological polar surface area (TPSA) is 66.4 Å². The van der Waals surface area contributed by atoms with E-state index < -0.39 is 10.0 Å². The van der Waals surface area contributed by atoms with Crippen LogP contribution in [0.3, 0.4) is 0 Å². The average molecular weight is 368 g/mol. The SMILES string of the molecule is O=S(=O)(NCC1CCCCC1)c1cc(CO)sc1Br. The highest BCUT2D eigenvalue weighted by Crippen LogP contribution is 2.32. The third-order valence-corrected chi connectivity index (χ3v) is 7.10. The molecule has 1 aliphatic rings. The lowest BCUT2D eigenvalue weighted by Gasteiger charge is -2.21. The van der Waals surface area contributed by atoms with Crippen molar-refractivity contribution in [2.75, 3.05) is 6.54 Å². The van der Waals surface area contributed by atoms with Gasteiger partial charge in [-0.1, -0.05) is 19.3 Å². The Morgan fingerprint density at radius 2 is 2.05 bits per heavy atom. The van der Waals surface area contributed by atoms with Gasteiger partial charge in [0, 0.05) is 11.4 Å². The van der Waals surface area contributed by atoms with Crippen molar-refractivity contribution in [3.8, 4) is 0 Å². The molecule has 0 aliphatic heterocycles. The Hall–Kier alpha value is 0.0500. The molecule has 4 nitrogen and oxygen atoms in total. The minimum Gasteiger partial charge on any atom is -0.391 e. The summed E-state index contributed by atoms with van der Waals surface area (Å²) in [5.41, 5.74) is 0. The predicted molar refractivity (Wildman–Crippen MR) is 79.7 cm³/mol. The van der Waals surface area contributed by atoms with Crippen LogP contribution in [0.2, 0.25) is 0 Å². The zero-order chi connectivity index (χ0) is 13.9. The van der Waals surface area contributed by atoms with Crippen molar-refractivity contribution in [1.29, 1.82) is 0 Å². The Balaban J connectivity index is 2.02. The van der Waals surface area contributed by atoms with Gasteiger partial charge in [0.2, 0.25) is 10.0 Å². The summed E-state index contributed by atoms with van der Waals surface area (Å²) in [6, 6.07) is 1.53. The molecular formula is C12H18BrNO3S2. The molecule has 0 radical (unpaired) electrons. The molecule has 1 heterocycles. The molecule has 108 valence electrons. The van der Waals surface area contributed by atoms with Gasteiger partial charge in [0.15, 0.2) is 0 Å². The second-order valence-electron chi connectivity index (χ2n) is 4.86. The summed E-state index contributed by atoms with van der Waals surface area (Å²) in [4.78, 5) is 0.877. The zero-order valence-electron chi connectivity index (χ0n) is 10.6. The summed E-state index contributed by atoms with van der Waals surface area (Å²) in [7, 11) is -3.48. The summed E-state index contributed by atoms with van der Waals surface area (Å²) in [5.74, 6) is 0.457. The molecule has 0 bridgehead atoms. The van der Waals surface area contributed by atoms with E-state index in [0.29, 0.717) is 21.1 Å². The minimum absolute atomic E-state index is 0.137. The van der Waals surface area contributed by atoms with Crippen molar-refractivity contribution < 1.29 is 13.5 Å². The second-order valence-corrected chi connectivity index (χ2v) is 9.05. The molecule has 0 saturated heterocycles. The van der Waals surface area contributed by atoms with Crippen LogP contribution in [0, 0.1) is 5.92 Å². The summed E-state index contributed by atoms with van der Waals surface area (Å²) in [6.07, 6.45) is 5.87. The monoisotopic (exact) mass is 367 g/mol. The van der Waals surface area contributed by atoms with Gasteiger partial charge < -0.3 is 5.11 Å². The van der Waals surface area contributed by atoms with Crippen LogP contribution in [0.5, 0.6) is 0 Å². The molecule has 7 heteroatoms. The van der Waals surface area contributed by atoms with Gasteiger partial charge in [-0.15, -0.1) is 11.3 Å². The normalized spacial score (nSPS) is 17.8. The van der Waals surface area contributed by atoms with Crippen LogP contribution in [0.15, 0.2) is 14.7 Å². The van der Waals surface area contributed by atoms with Gasteiger partial charge in [-0.25, -0.2) is 13.1 Å². The first-order valence-electron chi connectivity index (χ1n) is 6.41. The number of aliphatic hydroxyl groups is 1. The van der Waals surface area contributed by atoms with Crippen molar-refractivity contribution in [2.45, 2.75) is 43.6 Å². The maximum absolute atomic E-state index is 12.2. The summed E-state index contributed by atoms with van der Waals surface area (Å²) in [6.45, 7) is 0.375. The molecule has 0 unspecified atom stereocenters. The van der Waals surface area contributed by atoms with E-state index in [1.54, 1.807) is 0 Å². The number of hydrogen-bond donors (Lipinski definition) is 2. The van der Waals surface area contributed by atoms with Crippen LogP contribution in [0.25, 0.3) is 0 Å². The molecule has 2 rings (SSSR count). The molecule has 0 atom stereocenters. The number of rotatable bonds is 5. The molecular weight excluding hydrogens is 350 g/mol. The van der Waals surface area contributed by atoms with Gasteiger partial charge >= 0.3 is 0 Å². The molecule has 19 heavy (non-hydrogen) atoms. The lowest BCUT2D eigenvalue weighted by Crippen LogP contribution is -2.30. The van der Waals surface area contributed by atoms with Crippen LogP contribution < -0.4 is 4.72 Å². The van der Waals surface area contributed by atoms with E-state index in [9.17, 15) is 8.42 Å². The fourth-order valence-corrected chi connectivity index (χ4v) is 6.01. The first kappa shape index (κ1) is 15.4. The molecule has 0 spiro atoms. The molecule has 0 amide bonds. The Bertz CT molecular complexity index is 521. The number of aliphatic hydroxyl groups excluding tert-OH is 1. The summed E-state index contributed by atoms with van der Waals surface area (Å²) >= 11 is 4.50. The summed E-state index contributed by atoms with van der Waals surface area (Å²) in [5, 5.41) is 9.05. The molecule has 1 aromatic rings. The number of halogens is 1. The molecule has 1 saturated carbocycles. The van der Waals surface area contributed by atoms with E-state index >= 15 is 0 Å². The van der Waals surface area contributed by atoms with Gasteiger partial charge in [-0.3, -0.25) is 0 Å². The Kier molecular flexibility index (Phi) is 5.42. The number of hydrogen-bond acceptors (Lipinski definition) is 4. The van der Waals surface area contributed by atoms with E-state index in [-0.39, 0.29) is 11.5 Å². The fourth-order valence-electron chi connectivity index (χ4n) is 2.36. The smallest absolute Gasteiger partial charge is 0.242 e. The largest absolute Gasteiger partial charge is 0.391 e. The highest BCUT2D eigenvalue weighted by molar-refractivity contribution is 9.11. The molecule has 2 N–H and O–H groups in total. The maximum atomic E-state index is 12.2.